The third kappa shape index (κ3) is 2.38. The van der Waals surface area contributed by atoms with Crippen LogP contribution in [0.25, 0.3) is 11.5 Å². The molecular formula is C14H18N4O. The molecule has 2 aromatic heterocycles. The Morgan fingerprint density at radius 1 is 1.42 bits per heavy atom. The van der Waals surface area contributed by atoms with Crippen LogP contribution in [-0.2, 0) is 6.42 Å². The van der Waals surface area contributed by atoms with E-state index in [1.54, 1.807) is 6.20 Å². The molecule has 2 atom stereocenters. The highest BCUT2D eigenvalue weighted by Gasteiger charge is 2.28. The second-order valence-electron chi connectivity index (χ2n) is 5.09. The van der Waals surface area contributed by atoms with Gasteiger partial charge in [0.05, 0.1) is 0 Å². The molecule has 2 heterocycles. The molecule has 0 amide bonds. The zero-order chi connectivity index (χ0) is 13.2. The van der Waals surface area contributed by atoms with Crippen molar-refractivity contribution in [2.45, 2.75) is 44.6 Å². The minimum atomic E-state index is 0.265. The number of nitrogens with two attached hydrogens (primary N) is 1. The molecule has 2 N–H and O–H groups in total. The summed E-state index contributed by atoms with van der Waals surface area (Å²) in [6.07, 6.45) is 5.67. The molecule has 0 aromatic carbocycles. The van der Waals surface area contributed by atoms with E-state index in [2.05, 4.69) is 22.0 Å². The summed E-state index contributed by atoms with van der Waals surface area (Å²) < 4.78 is 5.39. The molecule has 2 aromatic rings. The lowest BCUT2D eigenvalue weighted by Gasteiger charge is -2.02. The quantitative estimate of drug-likeness (QED) is 0.913. The van der Waals surface area contributed by atoms with E-state index in [4.69, 9.17) is 10.3 Å². The van der Waals surface area contributed by atoms with Crippen molar-refractivity contribution in [2.75, 3.05) is 0 Å². The molecule has 19 heavy (non-hydrogen) atoms. The van der Waals surface area contributed by atoms with Crippen LogP contribution in [0.2, 0.25) is 0 Å². The van der Waals surface area contributed by atoms with Gasteiger partial charge in [-0.3, -0.25) is 4.98 Å². The Kier molecular flexibility index (Phi) is 3.29. The summed E-state index contributed by atoms with van der Waals surface area (Å²) >= 11 is 0. The average molecular weight is 258 g/mol. The van der Waals surface area contributed by atoms with Gasteiger partial charge in [0.1, 0.15) is 5.69 Å². The molecule has 1 aliphatic rings. The third-order valence-electron chi connectivity index (χ3n) is 3.75. The molecule has 100 valence electrons. The molecular weight excluding hydrogens is 240 g/mol. The van der Waals surface area contributed by atoms with Gasteiger partial charge in [0, 0.05) is 18.2 Å². The number of hydrogen-bond acceptors (Lipinski definition) is 5. The van der Waals surface area contributed by atoms with Crippen molar-refractivity contribution in [3.63, 3.8) is 0 Å². The number of rotatable bonds is 3. The van der Waals surface area contributed by atoms with Gasteiger partial charge in [-0.2, -0.15) is 4.98 Å². The molecule has 0 bridgehead atoms. The topological polar surface area (TPSA) is 77.8 Å². The minimum absolute atomic E-state index is 0.265. The van der Waals surface area contributed by atoms with Gasteiger partial charge in [-0.15, -0.1) is 0 Å². The zero-order valence-corrected chi connectivity index (χ0v) is 11.0. The van der Waals surface area contributed by atoms with Crippen molar-refractivity contribution in [3.8, 4) is 11.5 Å². The monoisotopic (exact) mass is 258 g/mol. The van der Waals surface area contributed by atoms with Crippen molar-refractivity contribution >= 4 is 0 Å². The van der Waals surface area contributed by atoms with Gasteiger partial charge in [-0.1, -0.05) is 18.1 Å². The van der Waals surface area contributed by atoms with Gasteiger partial charge in [0.25, 0.3) is 0 Å². The molecule has 3 rings (SSSR count). The standard InChI is InChI=1S/C14H18N4O/c1-2-9-4-3-7-16-12(9)13-17-14(19-18-13)10-5-6-11(15)8-10/h3-4,7,10-11H,2,5-6,8,15H2,1H3/t10-,11+/m1/s1. The Bertz CT molecular complexity index is 566. The second-order valence-corrected chi connectivity index (χ2v) is 5.09. The molecule has 5 nitrogen and oxygen atoms in total. The summed E-state index contributed by atoms with van der Waals surface area (Å²) in [6.45, 7) is 2.09. The Balaban J connectivity index is 1.88. The Hall–Kier alpha value is -1.75. The maximum absolute atomic E-state index is 5.92. The molecule has 1 aliphatic carbocycles. The molecule has 5 heteroatoms. The second kappa shape index (κ2) is 5.09. The number of aryl methyl sites for hydroxylation is 1. The van der Waals surface area contributed by atoms with Gasteiger partial charge in [0.15, 0.2) is 0 Å². The fourth-order valence-corrected chi connectivity index (χ4v) is 2.66. The Morgan fingerprint density at radius 2 is 2.32 bits per heavy atom. The zero-order valence-electron chi connectivity index (χ0n) is 11.0. The van der Waals surface area contributed by atoms with E-state index in [1.807, 2.05) is 12.1 Å². The predicted octanol–water partition coefficient (Wildman–Crippen LogP) is 2.29. The van der Waals surface area contributed by atoms with E-state index in [0.717, 1.165) is 36.9 Å². The Morgan fingerprint density at radius 3 is 3.05 bits per heavy atom. The molecule has 0 unspecified atom stereocenters. The van der Waals surface area contributed by atoms with Crippen LogP contribution in [-0.4, -0.2) is 21.2 Å². The van der Waals surface area contributed by atoms with E-state index in [9.17, 15) is 0 Å². The van der Waals surface area contributed by atoms with Gasteiger partial charge >= 0.3 is 0 Å². The number of nitrogens with zero attached hydrogens (tertiary/aromatic N) is 3. The van der Waals surface area contributed by atoms with Crippen molar-refractivity contribution in [1.82, 2.24) is 15.1 Å². The summed E-state index contributed by atoms with van der Waals surface area (Å²) in [5, 5.41) is 4.08. The number of pyridine rings is 1. The molecule has 0 aliphatic heterocycles. The van der Waals surface area contributed by atoms with E-state index < -0.39 is 0 Å². The fourth-order valence-electron chi connectivity index (χ4n) is 2.66. The van der Waals surface area contributed by atoms with Crippen LogP contribution in [0.3, 0.4) is 0 Å². The summed E-state index contributed by atoms with van der Waals surface area (Å²) in [4.78, 5) is 8.87. The van der Waals surface area contributed by atoms with Crippen molar-refractivity contribution < 1.29 is 4.52 Å². The van der Waals surface area contributed by atoms with Crippen molar-refractivity contribution in [1.29, 1.82) is 0 Å². The molecule has 1 saturated carbocycles. The SMILES string of the molecule is CCc1cccnc1-c1noc([C@@H]2CC[C@H](N)C2)n1. The summed E-state index contributed by atoms with van der Waals surface area (Å²) in [6, 6.07) is 4.24. The van der Waals surface area contributed by atoms with Crippen LogP contribution in [0.1, 0.15) is 43.6 Å². The van der Waals surface area contributed by atoms with E-state index in [0.29, 0.717) is 17.6 Å². The van der Waals surface area contributed by atoms with Crippen molar-refractivity contribution in [3.05, 3.63) is 29.8 Å². The lowest BCUT2D eigenvalue weighted by atomic mass is 10.1. The van der Waals surface area contributed by atoms with Crippen LogP contribution in [0.4, 0.5) is 0 Å². The van der Waals surface area contributed by atoms with Gasteiger partial charge in [-0.05, 0) is 37.3 Å². The van der Waals surface area contributed by atoms with Crippen LogP contribution in [0.15, 0.2) is 22.9 Å². The summed E-state index contributed by atoms with van der Waals surface area (Å²) in [7, 11) is 0. The maximum Gasteiger partial charge on any atom is 0.230 e. The molecule has 0 spiro atoms. The van der Waals surface area contributed by atoms with Crippen LogP contribution in [0.5, 0.6) is 0 Å². The molecule has 1 fully saturated rings. The van der Waals surface area contributed by atoms with Gasteiger partial charge < -0.3 is 10.3 Å². The van der Waals surface area contributed by atoms with Crippen LogP contribution < -0.4 is 5.73 Å². The lowest BCUT2D eigenvalue weighted by molar-refractivity contribution is 0.353. The smallest absolute Gasteiger partial charge is 0.230 e. The number of aromatic nitrogens is 3. The van der Waals surface area contributed by atoms with E-state index in [-0.39, 0.29) is 6.04 Å². The molecule has 0 saturated heterocycles. The minimum Gasteiger partial charge on any atom is -0.339 e. The normalized spacial score (nSPS) is 22.8. The first-order valence-electron chi connectivity index (χ1n) is 6.81. The van der Waals surface area contributed by atoms with E-state index >= 15 is 0 Å². The average Bonchev–Trinajstić information content (AvgIpc) is 3.07. The first-order valence-corrected chi connectivity index (χ1v) is 6.81. The van der Waals surface area contributed by atoms with Gasteiger partial charge in [-0.25, -0.2) is 0 Å². The fraction of sp³-hybridized carbons (Fsp3) is 0.500. The first kappa shape index (κ1) is 12.3. The largest absolute Gasteiger partial charge is 0.339 e. The molecule has 0 radical (unpaired) electrons. The van der Waals surface area contributed by atoms with Crippen molar-refractivity contribution in [2.24, 2.45) is 5.73 Å². The first-order chi connectivity index (χ1) is 9.28. The lowest BCUT2D eigenvalue weighted by Crippen LogP contribution is -2.14. The van der Waals surface area contributed by atoms with E-state index in [1.165, 1.54) is 0 Å². The van der Waals surface area contributed by atoms with Crippen LogP contribution >= 0.6 is 0 Å². The number of hydrogen-bond donors (Lipinski definition) is 1. The highest BCUT2D eigenvalue weighted by molar-refractivity contribution is 5.53. The van der Waals surface area contributed by atoms with Crippen LogP contribution in [0, 0.1) is 0 Å². The Labute approximate surface area is 112 Å². The summed E-state index contributed by atoms with van der Waals surface area (Å²) in [5.74, 6) is 1.61. The third-order valence-corrected chi connectivity index (χ3v) is 3.75. The highest BCUT2D eigenvalue weighted by Crippen LogP contribution is 2.33. The summed E-state index contributed by atoms with van der Waals surface area (Å²) in [5.41, 5.74) is 7.88. The highest BCUT2D eigenvalue weighted by atomic mass is 16.5. The van der Waals surface area contributed by atoms with Gasteiger partial charge in [0.2, 0.25) is 11.7 Å². The predicted molar refractivity (Wildman–Crippen MR) is 71.5 cm³/mol. The maximum atomic E-state index is 5.92.